The Balaban J connectivity index is 2.23. The second-order valence-electron chi connectivity index (χ2n) is 4.50. The third-order valence-corrected chi connectivity index (χ3v) is 4.92. The van der Waals surface area contributed by atoms with Gasteiger partial charge in [0.05, 0.1) is 22.2 Å². The highest BCUT2D eigenvalue weighted by Gasteiger charge is 2.17. The predicted molar refractivity (Wildman–Crippen MR) is 80.3 cm³/mol. The molecule has 0 aliphatic carbocycles. The minimum atomic E-state index is -3.69. The molecule has 0 amide bonds. The number of nitrogens with one attached hydrogen (secondary N) is 1. The van der Waals surface area contributed by atoms with Crippen molar-refractivity contribution in [2.45, 2.75) is 31.8 Å². The van der Waals surface area contributed by atoms with Gasteiger partial charge in [-0.1, -0.05) is 11.6 Å². The van der Waals surface area contributed by atoms with Gasteiger partial charge in [0.1, 0.15) is 12.2 Å². The summed E-state index contributed by atoms with van der Waals surface area (Å²) in [5, 5.41) is 7.98. The molecule has 1 heterocycles. The highest BCUT2D eigenvalue weighted by molar-refractivity contribution is 7.89. The Morgan fingerprint density at radius 2 is 2.14 bits per heavy atom. The normalized spacial score (nSPS) is 11.8. The van der Waals surface area contributed by atoms with Crippen molar-refractivity contribution < 1.29 is 8.42 Å². The fourth-order valence-corrected chi connectivity index (χ4v) is 3.05. The summed E-state index contributed by atoms with van der Waals surface area (Å²) in [4.78, 5) is 0.0736. The predicted octanol–water partition coefficient (Wildman–Crippen LogP) is 1.32. The highest BCUT2D eigenvalue weighted by atomic mass is 35.5. The van der Waals surface area contributed by atoms with Crippen molar-refractivity contribution in [2.75, 3.05) is 5.73 Å². The molecule has 9 heteroatoms. The van der Waals surface area contributed by atoms with E-state index in [1.807, 2.05) is 6.92 Å². The van der Waals surface area contributed by atoms with Gasteiger partial charge >= 0.3 is 0 Å². The van der Waals surface area contributed by atoms with Crippen LogP contribution in [0, 0.1) is 6.92 Å². The van der Waals surface area contributed by atoms with Crippen LogP contribution in [-0.4, -0.2) is 23.2 Å². The summed E-state index contributed by atoms with van der Waals surface area (Å²) >= 11 is 5.94. The van der Waals surface area contributed by atoms with Gasteiger partial charge in [0.25, 0.3) is 0 Å². The molecule has 114 valence electrons. The van der Waals surface area contributed by atoms with Crippen LogP contribution in [-0.2, 0) is 23.1 Å². The zero-order chi connectivity index (χ0) is 15.6. The third kappa shape index (κ3) is 3.34. The molecule has 21 heavy (non-hydrogen) atoms. The first-order valence-electron chi connectivity index (χ1n) is 6.27. The number of aryl methyl sites for hydroxylation is 2. The van der Waals surface area contributed by atoms with E-state index in [-0.39, 0.29) is 17.1 Å². The van der Waals surface area contributed by atoms with Crippen LogP contribution in [0.4, 0.5) is 5.69 Å². The molecule has 0 unspecified atom stereocenters. The molecule has 0 spiro atoms. The zero-order valence-electron chi connectivity index (χ0n) is 11.7. The second-order valence-corrected chi connectivity index (χ2v) is 6.65. The average Bonchev–Trinajstić information content (AvgIpc) is 2.89. The number of aromatic nitrogens is 3. The van der Waals surface area contributed by atoms with Crippen LogP contribution in [0.5, 0.6) is 0 Å². The summed E-state index contributed by atoms with van der Waals surface area (Å²) in [5.74, 6) is 0.541. The highest BCUT2D eigenvalue weighted by Crippen LogP contribution is 2.26. The van der Waals surface area contributed by atoms with Gasteiger partial charge in [-0.15, -0.1) is 10.2 Å². The minimum Gasteiger partial charge on any atom is -0.397 e. The first-order valence-corrected chi connectivity index (χ1v) is 8.13. The van der Waals surface area contributed by atoms with Gasteiger partial charge in [0.2, 0.25) is 10.0 Å². The van der Waals surface area contributed by atoms with E-state index in [9.17, 15) is 8.42 Å². The first kappa shape index (κ1) is 15.7. The lowest BCUT2D eigenvalue weighted by atomic mass is 10.2. The van der Waals surface area contributed by atoms with Crippen LogP contribution >= 0.6 is 11.6 Å². The van der Waals surface area contributed by atoms with Crippen molar-refractivity contribution in [1.29, 1.82) is 0 Å². The fraction of sp³-hybridized carbons (Fsp3) is 0.333. The minimum absolute atomic E-state index is 0.0533. The fourth-order valence-electron chi connectivity index (χ4n) is 1.84. The maximum absolute atomic E-state index is 12.3. The molecule has 7 nitrogen and oxygen atoms in total. The van der Waals surface area contributed by atoms with Gasteiger partial charge in [-0.2, -0.15) is 0 Å². The molecule has 1 aromatic carbocycles. The number of halogens is 1. The third-order valence-electron chi connectivity index (χ3n) is 3.02. The van der Waals surface area contributed by atoms with Crippen molar-refractivity contribution >= 4 is 27.3 Å². The Morgan fingerprint density at radius 3 is 2.76 bits per heavy atom. The molecule has 0 saturated heterocycles. The van der Waals surface area contributed by atoms with Gasteiger partial charge in [-0.3, -0.25) is 0 Å². The molecule has 0 fully saturated rings. The Morgan fingerprint density at radius 1 is 1.43 bits per heavy atom. The molecule has 0 saturated carbocycles. The number of nitrogens with zero attached hydrogens (tertiary/aromatic N) is 3. The standard InChI is InChI=1S/C12H16ClN5O2S/c1-3-18-7-15-17-11(18)6-16-21(19,20)9-4-8(2)12(13)10(14)5-9/h4-5,7,16H,3,6,14H2,1-2H3. The summed E-state index contributed by atoms with van der Waals surface area (Å²) in [6.07, 6.45) is 1.55. The summed E-state index contributed by atoms with van der Waals surface area (Å²) in [5.41, 5.74) is 6.54. The van der Waals surface area contributed by atoms with Crippen LogP contribution in [0.25, 0.3) is 0 Å². The van der Waals surface area contributed by atoms with Crippen LogP contribution in [0.2, 0.25) is 5.02 Å². The van der Waals surface area contributed by atoms with Gasteiger partial charge in [-0.05, 0) is 31.5 Å². The number of nitrogens with two attached hydrogens (primary N) is 1. The lowest BCUT2D eigenvalue weighted by Crippen LogP contribution is -2.25. The lowest BCUT2D eigenvalue weighted by Gasteiger charge is -2.10. The number of nitrogen functional groups attached to an aromatic ring is 1. The number of benzene rings is 1. The molecule has 2 rings (SSSR count). The Hall–Kier alpha value is -1.64. The summed E-state index contributed by atoms with van der Waals surface area (Å²) in [7, 11) is -3.69. The van der Waals surface area contributed by atoms with E-state index >= 15 is 0 Å². The summed E-state index contributed by atoms with van der Waals surface area (Å²) in [6, 6.07) is 2.81. The van der Waals surface area contributed by atoms with Crippen LogP contribution < -0.4 is 10.5 Å². The Bertz CT molecular complexity index is 734. The molecular weight excluding hydrogens is 314 g/mol. The number of anilines is 1. The topological polar surface area (TPSA) is 103 Å². The molecule has 1 aromatic heterocycles. The van der Waals surface area contributed by atoms with Crippen molar-refractivity contribution in [3.63, 3.8) is 0 Å². The Labute approximate surface area is 128 Å². The quantitative estimate of drug-likeness (QED) is 0.805. The maximum atomic E-state index is 12.3. The zero-order valence-corrected chi connectivity index (χ0v) is 13.2. The van der Waals surface area contributed by atoms with Crippen LogP contribution in [0.1, 0.15) is 18.3 Å². The van der Waals surface area contributed by atoms with Gasteiger partial charge in [0.15, 0.2) is 0 Å². The Kier molecular flexibility index (Phi) is 4.50. The van der Waals surface area contributed by atoms with Crippen molar-refractivity contribution in [2.24, 2.45) is 0 Å². The van der Waals surface area contributed by atoms with E-state index in [2.05, 4.69) is 14.9 Å². The monoisotopic (exact) mass is 329 g/mol. The molecule has 0 bridgehead atoms. The van der Waals surface area contributed by atoms with Crippen molar-refractivity contribution in [3.8, 4) is 0 Å². The largest absolute Gasteiger partial charge is 0.397 e. The number of hydrogen-bond acceptors (Lipinski definition) is 5. The van der Waals surface area contributed by atoms with Crippen LogP contribution in [0.3, 0.4) is 0 Å². The van der Waals surface area contributed by atoms with E-state index < -0.39 is 10.0 Å². The first-order chi connectivity index (χ1) is 9.85. The van der Waals surface area contributed by atoms with Gasteiger partial charge < -0.3 is 10.3 Å². The van der Waals surface area contributed by atoms with E-state index in [4.69, 9.17) is 17.3 Å². The van der Waals surface area contributed by atoms with E-state index in [0.29, 0.717) is 23.0 Å². The van der Waals surface area contributed by atoms with Gasteiger partial charge in [-0.25, -0.2) is 13.1 Å². The molecule has 0 radical (unpaired) electrons. The molecule has 0 atom stereocenters. The molecule has 0 aliphatic heterocycles. The maximum Gasteiger partial charge on any atom is 0.241 e. The van der Waals surface area contributed by atoms with E-state index in [1.165, 1.54) is 12.1 Å². The van der Waals surface area contributed by atoms with Crippen LogP contribution in [0.15, 0.2) is 23.4 Å². The molecule has 0 aliphatic rings. The van der Waals surface area contributed by atoms with E-state index in [0.717, 1.165) is 0 Å². The van der Waals surface area contributed by atoms with Gasteiger partial charge in [0, 0.05) is 6.54 Å². The van der Waals surface area contributed by atoms with Crippen molar-refractivity contribution in [1.82, 2.24) is 19.5 Å². The number of sulfonamides is 1. The molecular formula is C12H16ClN5O2S. The average molecular weight is 330 g/mol. The molecule has 2 aromatic rings. The van der Waals surface area contributed by atoms with E-state index in [1.54, 1.807) is 17.8 Å². The number of rotatable bonds is 5. The molecule has 3 N–H and O–H groups in total. The smallest absolute Gasteiger partial charge is 0.241 e. The second kappa shape index (κ2) is 6.00. The summed E-state index contributed by atoms with van der Waals surface area (Å²) in [6.45, 7) is 4.34. The SMILES string of the molecule is CCn1cnnc1CNS(=O)(=O)c1cc(C)c(Cl)c(N)c1. The summed E-state index contributed by atoms with van der Waals surface area (Å²) < 4.78 is 28.8. The van der Waals surface area contributed by atoms with Crippen molar-refractivity contribution in [3.05, 3.63) is 34.9 Å². The lowest BCUT2D eigenvalue weighted by molar-refractivity contribution is 0.575. The number of hydrogen-bond donors (Lipinski definition) is 2.